The topological polar surface area (TPSA) is 63.1 Å². The van der Waals surface area contributed by atoms with Gasteiger partial charge in [0.1, 0.15) is 12.2 Å². The van der Waals surface area contributed by atoms with E-state index in [1.807, 2.05) is 44.2 Å². The van der Waals surface area contributed by atoms with Crippen LogP contribution in [-0.4, -0.2) is 44.7 Å². The third-order valence-electron chi connectivity index (χ3n) is 3.08. The molecule has 18 heavy (non-hydrogen) atoms. The molecule has 1 aromatic rings. The summed E-state index contributed by atoms with van der Waals surface area (Å²) in [5.74, 6) is 0.947. The fourth-order valence-corrected chi connectivity index (χ4v) is 2.01. The van der Waals surface area contributed by atoms with Gasteiger partial charge in [-0.3, -0.25) is 10.1 Å². The van der Waals surface area contributed by atoms with Gasteiger partial charge >= 0.3 is 0 Å². The van der Waals surface area contributed by atoms with Gasteiger partial charge in [0.05, 0.1) is 12.1 Å². The maximum atomic E-state index is 12.1. The van der Waals surface area contributed by atoms with Crippen molar-refractivity contribution in [3.8, 4) is 0 Å². The van der Waals surface area contributed by atoms with Crippen molar-refractivity contribution >= 4 is 5.91 Å². The summed E-state index contributed by atoms with van der Waals surface area (Å²) in [6, 6.07) is -0.233. The second kappa shape index (κ2) is 6.49. The van der Waals surface area contributed by atoms with Crippen molar-refractivity contribution in [2.75, 3.05) is 13.1 Å². The fraction of sp³-hybridized carbons (Fsp3) is 0.750. The molecule has 0 saturated heterocycles. The van der Waals surface area contributed by atoms with Crippen LogP contribution in [0.4, 0.5) is 0 Å². The van der Waals surface area contributed by atoms with Crippen molar-refractivity contribution in [3.05, 3.63) is 12.2 Å². The minimum atomic E-state index is -0.225. The first kappa shape index (κ1) is 14.6. The van der Waals surface area contributed by atoms with E-state index in [1.165, 1.54) is 0 Å². The highest BCUT2D eigenvalue weighted by Gasteiger charge is 2.21. The molecule has 0 spiro atoms. The van der Waals surface area contributed by atoms with E-state index in [2.05, 4.69) is 15.5 Å². The van der Waals surface area contributed by atoms with Crippen LogP contribution in [0.3, 0.4) is 0 Å². The van der Waals surface area contributed by atoms with Crippen LogP contribution in [0.1, 0.15) is 39.6 Å². The molecular formula is C12H23N5O. The van der Waals surface area contributed by atoms with Crippen LogP contribution in [0.5, 0.6) is 0 Å². The lowest BCUT2D eigenvalue weighted by molar-refractivity contribution is -0.132. The van der Waals surface area contributed by atoms with E-state index in [4.69, 9.17) is 0 Å². The monoisotopic (exact) mass is 253 g/mol. The fourth-order valence-electron chi connectivity index (χ4n) is 2.01. The van der Waals surface area contributed by atoms with Crippen LogP contribution in [0.2, 0.25) is 0 Å². The van der Waals surface area contributed by atoms with E-state index in [1.54, 1.807) is 6.33 Å². The Kier molecular flexibility index (Phi) is 5.27. The van der Waals surface area contributed by atoms with Crippen molar-refractivity contribution in [2.45, 2.75) is 39.8 Å². The van der Waals surface area contributed by atoms with Crippen LogP contribution in [-0.2, 0) is 11.8 Å². The third kappa shape index (κ3) is 3.29. The molecule has 2 unspecified atom stereocenters. The number of carbonyl (C=O) groups excluding carboxylic acids is 1. The molecule has 1 N–H and O–H groups in total. The number of hydrogen-bond acceptors (Lipinski definition) is 4. The van der Waals surface area contributed by atoms with Gasteiger partial charge in [-0.2, -0.15) is 0 Å². The number of nitrogens with one attached hydrogen (secondary N) is 1. The maximum absolute atomic E-state index is 12.1. The number of aromatic nitrogens is 3. The zero-order chi connectivity index (χ0) is 13.7. The van der Waals surface area contributed by atoms with Crippen molar-refractivity contribution in [1.82, 2.24) is 25.0 Å². The van der Waals surface area contributed by atoms with Gasteiger partial charge < -0.3 is 9.47 Å². The Labute approximate surface area is 108 Å². The van der Waals surface area contributed by atoms with Gasteiger partial charge in [-0.1, -0.05) is 0 Å². The highest BCUT2D eigenvalue weighted by Crippen LogP contribution is 2.09. The van der Waals surface area contributed by atoms with E-state index >= 15 is 0 Å². The quantitative estimate of drug-likeness (QED) is 0.811. The van der Waals surface area contributed by atoms with Crippen molar-refractivity contribution < 1.29 is 4.79 Å². The summed E-state index contributed by atoms with van der Waals surface area (Å²) in [6.07, 6.45) is 1.66. The highest BCUT2D eigenvalue weighted by molar-refractivity contribution is 5.81. The number of aryl methyl sites for hydroxylation is 1. The summed E-state index contributed by atoms with van der Waals surface area (Å²) in [5.41, 5.74) is 0. The Bertz CT molecular complexity index is 386. The van der Waals surface area contributed by atoms with Crippen molar-refractivity contribution in [3.63, 3.8) is 0 Å². The molecule has 0 bridgehead atoms. The Hall–Kier alpha value is -1.43. The second-order valence-corrected chi connectivity index (χ2v) is 4.42. The molecule has 0 aromatic carbocycles. The van der Waals surface area contributed by atoms with E-state index in [0.29, 0.717) is 0 Å². The molecule has 0 fully saturated rings. The first-order valence-electron chi connectivity index (χ1n) is 6.39. The standard InChI is InChI=1S/C12H23N5O/c1-6-17(7-2)12(18)10(4)14-9(3)11-15-13-8-16(11)5/h8-10,14H,6-7H2,1-5H3. The van der Waals surface area contributed by atoms with E-state index < -0.39 is 0 Å². The van der Waals surface area contributed by atoms with Gasteiger partial charge in [0.15, 0.2) is 0 Å². The van der Waals surface area contributed by atoms with Crippen molar-refractivity contribution in [2.24, 2.45) is 7.05 Å². The van der Waals surface area contributed by atoms with Crippen LogP contribution in [0.25, 0.3) is 0 Å². The molecule has 1 heterocycles. The van der Waals surface area contributed by atoms with Crippen LogP contribution < -0.4 is 5.32 Å². The Morgan fingerprint density at radius 2 is 2.06 bits per heavy atom. The molecule has 0 saturated carbocycles. The van der Waals surface area contributed by atoms with Crippen LogP contribution >= 0.6 is 0 Å². The summed E-state index contributed by atoms with van der Waals surface area (Å²) in [4.78, 5) is 13.9. The Morgan fingerprint density at radius 1 is 1.44 bits per heavy atom. The third-order valence-corrected chi connectivity index (χ3v) is 3.08. The highest BCUT2D eigenvalue weighted by atomic mass is 16.2. The summed E-state index contributed by atoms with van der Waals surface area (Å²) in [7, 11) is 1.89. The van der Waals surface area contributed by atoms with Gasteiger partial charge in [0.25, 0.3) is 0 Å². The summed E-state index contributed by atoms with van der Waals surface area (Å²) in [5, 5.41) is 11.1. The van der Waals surface area contributed by atoms with E-state index in [9.17, 15) is 4.79 Å². The Morgan fingerprint density at radius 3 is 2.50 bits per heavy atom. The number of likely N-dealkylation sites (N-methyl/N-ethyl adjacent to an activating group) is 1. The number of hydrogen-bond donors (Lipinski definition) is 1. The molecule has 0 aliphatic heterocycles. The first-order chi connectivity index (χ1) is 8.51. The van der Waals surface area contributed by atoms with Crippen LogP contribution in [0.15, 0.2) is 6.33 Å². The predicted octanol–water partition coefficient (Wildman–Crippen LogP) is 0.723. The molecule has 0 aliphatic carbocycles. The first-order valence-corrected chi connectivity index (χ1v) is 6.39. The lowest BCUT2D eigenvalue weighted by Gasteiger charge is -2.25. The summed E-state index contributed by atoms with van der Waals surface area (Å²) in [6.45, 7) is 9.31. The lowest BCUT2D eigenvalue weighted by Crippen LogP contribution is -2.45. The zero-order valence-corrected chi connectivity index (χ0v) is 11.8. The molecule has 2 atom stereocenters. The molecule has 1 rings (SSSR count). The number of amides is 1. The molecule has 6 heteroatoms. The summed E-state index contributed by atoms with van der Waals surface area (Å²) < 4.78 is 1.85. The molecular weight excluding hydrogens is 230 g/mol. The van der Waals surface area contributed by atoms with Gasteiger partial charge in [-0.25, -0.2) is 0 Å². The molecule has 1 amide bonds. The smallest absolute Gasteiger partial charge is 0.239 e. The SMILES string of the molecule is CCN(CC)C(=O)C(C)NC(C)c1nncn1C. The zero-order valence-electron chi connectivity index (χ0n) is 11.8. The van der Waals surface area contributed by atoms with Gasteiger partial charge in [-0.15, -0.1) is 10.2 Å². The molecule has 0 radical (unpaired) electrons. The second-order valence-electron chi connectivity index (χ2n) is 4.42. The predicted molar refractivity (Wildman–Crippen MR) is 69.9 cm³/mol. The Balaban J connectivity index is 2.62. The molecule has 6 nitrogen and oxygen atoms in total. The number of nitrogens with zero attached hydrogens (tertiary/aromatic N) is 4. The van der Waals surface area contributed by atoms with Crippen molar-refractivity contribution in [1.29, 1.82) is 0 Å². The maximum Gasteiger partial charge on any atom is 0.239 e. The normalized spacial score (nSPS) is 14.3. The minimum Gasteiger partial charge on any atom is -0.342 e. The number of carbonyl (C=O) groups is 1. The molecule has 0 aliphatic rings. The average molecular weight is 253 g/mol. The largest absolute Gasteiger partial charge is 0.342 e. The lowest BCUT2D eigenvalue weighted by atomic mass is 10.2. The van der Waals surface area contributed by atoms with Crippen LogP contribution in [0, 0.1) is 0 Å². The molecule has 1 aromatic heterocycles. The van der Waals surface area contributed by atoms with E-state index in [-0.39, 0.29) is 18.0 Å². The van der Waals surface area contributed by atoms with E-state index in [0.717, 1.165) is 18.9 Å². The average Bonchev–Trinajstić information content (AvgIpc) is 2.76. The number of rotatable bonds is 6. The molecule has 102 valence electrons. The van der Waals surface area contributed by atoms with Gasteiger partial charge in [0.2, 0.25) is 5.91 Å². The summed E-state index contributed by atoms with van der Waals surface area (Å²) >= 11 is 0. The van der Waals surface area contributed by atoms with Gasteiger partial charge in [-0.05, 0) is 27.7 Å². The minimum absolute atomic E-state index is 0.00740. The van der Waals surface area contributed by atoms with Gasteiger partial charge in [0, 0.05) is 20.1 Å².